The van der Waals surface area contributed by atoms with Gasteiger partial charge in [-0.1, -0.05) is 170 Å². The van der Waals surface area contributed by atoms with Gasteiger partial charge in [0.15, 0.2) is 0 Å². The number of nitrogens with zero attached hydrogens (tertiary/aromatic N) is 3. The first-order valence-corrected chi connectivity index (χ1v) is 19.9. The second-order valence-electron chi connectivity index (χ2n) is 15.1. The Bertz CT molecular complexity index is 3610. The van der Waals surface area contributed by atoms with Gasteiger partial charge in [-0.05, 0) is 47.0 Å². The molecule has 0 atom stereocenters. The minimum absolute atomic E-state index is 0.898. The van der Waals surface area contributed by atoms with Crippen LogP contribution < -0.4 is 0 Å². The Balaban J connectivity index is 0.963. The predicted octanol–water partition coefficient (Wildman–Crippen LogP) is 14.7. The second-order valence-corrected chi connectivity index (χ2v) is 15.1. The molecule has 4 nitrogen and oxygen atoms in total. The van der Waals surface area contributed by atoms with Gasteiger partial charge in [0.25, 0.3) is 0 Å². The lowest BCUT2D eigenvalue weighted by Crippen LogP contribution is -1.93. The SMILES string of the molecule is c1ccc(-c2ccc3ccc4ccc(-c5ccc(-c6nc7ccccc7c7c(-c8cccc(-c9cccc%10c9oc9ccccc9%10)c8)cccc67)cc5)nc4c3n2)cc1. The molecule has 59 heavy (non-hydrogen) atoms. The molecule has 4 aromatic heterocycles. The van der Waals surface area contributed by atoms with Crippen LogP contribution in [0.15, 0.2) is 205 Å². The summed E-state index contributed by atoms with van der Waals surface area (Å²) >= 11 is 0. The van der Waals surface area contributed by atoms with Crippen LogP contribution in [0, 0.1) is 0 Å². The van der Waals surface area contributed by atoms with Crippen molar-refractivity contribution < 1.29 is 4.42 Å². The van der Waals surface area contributed by atoms with Crippen LogP contribution in [0.5, 0.6) is 0 Å². The number of aromatic nitrogens is 3. The van der Waals surface area contributed by atoms with Crippen LogP contribution in [0.3, 0.4) is 0 Å². The maximum atomic E-state index is 6.45. The molecule has 0 spiro atoms. The van der Waals surface area contributed by atoms with E-state index in [2.05, 4.69) is 170 Å². The van der Waals surface area contributed by atoms with Gasteiger partial charge in [-0.25, -0.2) is 15.0 Å². The normalized spacial score (nSPS) is 11.7. The van der Waals surface area contributed by atoms with E-state index in [0.717, 1.165) is 116 Å². The van der Waals surface area contributed by atoms with E-state index >= 15 is 0 Å². The average Bonchev–Trinajstić information content (AvgIpc) is 3.70. The van der Waals surface area contributed by atoms with Crippen LogP contribution in [0.4, 0.5) is 0 Å². The van der Waals surface area contributed by atoms with Gasteiger partial charge in [-0.15, -0.1) is 0 Å². The number of pyridine rings is 3. The van der Waals surface area contributed by atoms with E-state index in [1.165, 1.54) is 5.39 Å². The molecule has 4 heterocycles. The van der Waals surface area contributed by atoms with Crippen molar-refractivity contribution in [3.63, 3.8) is 0 Å². The number of hydrogen-bond acceptors (Lipinski definition) is 4. The number of benzene rings is 8. The van der Waals surface area contributed by atoms with Crippen molar-refractivity contribution in [2.24, 2.45) is 0 Å². The molecule has 0 aliphatic heterocycles. The summed E-state index contributed by atoms with van der Waals surface area (Å²) in [5, 5.41) is 7.80. The summed E-state index contributed by atoms with van der Waals surface area (Å²) in [5.74, 6) is 0. The van der Waals surface area contributed by atoms with E-state index in [-0.39, 0.29) is 0 Å². The average molecular weight is 752 g/mol. The first-order valence-electron chi connectivity index (χ1n) is 19.9. The van der Waals surface area contributed by atoms with Crippen LogP contribution in [0.1, 0.15) is 0 Å². The van der Waals surface area contributed by atoms with Crippen molar-refractivity contribution in [3.05, 3.63) is 200 Å². The fourth-order valence-electron chi connectivity index (χ4n) is 8.79. The smallest absolute Gasteiger partial charge is 0.143 e. The van der Waals surface area contributed by atoms with Crippen molar-refractivity contribution >= 4 is 65.4 Å². The Hall–Kier alpha value is -7.95. The molecular formula is C55H33N3O. The molecule has 12 aromatic rings. The fourth-order valence-corrected chi connectivity index (χ4v) is 8.79. The first kappa shape index (κ1) is 33.2. The Morgan fingerprint density at radius 3 is 1.64 bits per heavy atom. The zero-order valence-electron chi connectivity index (χ0n) is 31.8. The zero-order chi connectivity index (χ0) is 38.9. The maximum absolute atomic E-state index is 6.45. The quantitative estimate of drug-likeness (QED) is 0.164. The largest absolute Gasteiger partial charge is 0.455 e. The summed E-state index contributed by atoms with van der Waals surface area (Å²) < 4.78 is 6.45. The summed E-state index contributed by atoms with van der Waals surface area (Å²) in [4.78, 5) is 15.6. The molecule has 0 N–H and O–H groups in total. The molecular weight excluding hydrogens is 719 g/mol. The lowest BCUT2D eigenvalue weighted by molar-refractivity contribution is 0.670. The standard InChI is InChI=1S/C55H33N3O/c1-2-11-34(12-3-1)47-31-29-37-27-28-38-30-32-48(57-54(38)53(37)56-47)35-23-25-36(26-24-35)52-46-20-9-17-41(51(46)45-16-4-6-21-49(45)58-52)39-13-8-14-40(33-39)42-18-10-19-44-43-15-5-7-22-50(43)59-55(42)44/h1-33H. The third kappa shape index (κ3) is 5.49. The van der Waals surface area contributed by atoms with E-state index in [9.17, 15) is 0 Å². The van der Waals surface area contributed by atoms with Gasteiger partial charge in [0.1, 0.15) is 11.2 Å². The topological polar surface area (TPSA) is 51.8 Å². The van der Waals surface area contributed by atoms with Gasteiger partial charge < -0.3 is 4.42 Å². The van der Waals surface area contributed by atoms with Gasteiger partial charge in [0.05, 0.1) is 33.6 Å². The highest BCUT2D eigenvalue weighted by Crippen LogP contribution is 2.41. The van der Waals surface area contributed by atoms with Gasteiger partial charge in [-0.3, -0.25) is 0 Å². The fraction of sp³-hybridized carbons (Fsp3) is 0. The summed E-state index contributed by atoms with van der Waals surface area (Å²) in [6, 6.07) is 70.3. The zero-order valence-corrected chi connectivity index (χ0v) is 31.8. The summed E-state index contributed by atoms with van der Waals surface area (Å²) in [6.45, 7) is 0. The Labute approximate surface area is 339 Å². The van der Waals surface area contributed by atoms with E-state index in [4.69, 9.17) is 19.4 Å². The van der Waals surface area contributed by atoms with Crippen LogP contribution in [0.25, 0.3) is 121 Å². The molecule has 0 fully saturated rings. The van der Waals surface area contributed by atoms with Crippen molar-refractivity contribution in [1.29, 1.82) is 0 Å². The van der Waals surface area contributed by atoms with Gasteiger partial charge in [0.2, 0.25) is 0 Å². The highest BCUT2D eigenvalue weighted by Gasteiger charge is 2.17. The van der Waals surface area contributed by atoms with Crippen molar-refractivity contribution in [2.75, 3.05) is 0 Å². The lowest BCUT2D eigenvalue weighted by Gasteiger charge is -2.15. The van der Waals surface area contributed by atoms with E-state index in [1.807, 2.05) is 30.3 Å². The number of hydrogen-bond donors (Lipinski definition) is 0. The maximum Gasteiger partial charge on any atom is 0.143 e. The summed E-state index contributed by atoms with van der Waals surface area (Å²) in [5.41, 5.74) is 15.0. The molecule has 0 aliphatic carbocycles. The molecule has 0 aliphatic rings. The van der Waals surface area contributed by atoms with Crippen LogP contribution in [-0.2, 0) is 0 Å². The van der Waals surface area contributed by atoms with Crippen molar-refractivity contribution in [1.82, 2.24) is 15.0 Å². The number of para-hydroxylation sites is 3. The van der Waals surface area contributed by atoms with E-state index in [0.29, 0.717) is 0 Å². The van der Waals surface area contributed by atoms with Crippen molar-refractivity contribution in [2.45, 2.75) is 0 Å². The second kappa shape index (κ2) is 13.3. The highest BCUT2D eigenvalue weighted by molar-refractivity contribution is 6.17. The molecule has 0 radical (unpaired) electrons. The molecule has 274 valence electrons. The molecule has 0 amide bonds. The van der Waals surface area contributed by atoms with Crippen LogP contribution in [0.2, 0.25) is 0 Å². The molecule has 0 bridgehead atoms. The molecule has 0 unspecified atom stereocenters. The number of fused-ring (bicyclic) bond motifs is 9. The molecule has 0 saturated carbocycles. The number of furan rings is 1. The van der Waals surface area contributed by atoms with Gasteiger partial charge >= 0.3 is 0 Å². The third-order valence-corrected chi connectivity index (χ3v) is 11.7. The summed E-state index contributed by atoms with van der Waals surface area (Å²) in [6.07, 6.45) is 0. The molecule has 4 heteroatoms. The van der Waals surface area contributed by atoms with Crippen LogP contribution >= 0.6 is 0 Å². The Morgan fingerprint density at radius 1 is 0.339 bits per heavy atom. The Morgan fingerprint density at radius 2 is 0.881 bits per heavy atom. The monoisotopic (exact) mass is 751 g/mol. The first-order chi connectivity index (χ1) is 29.2. The van der Waals surface area contributed by atoms with Gasteiger partial charge in [0, 0.05) is 60.0 Å². The highest BCUT2D eigenvalue weighted by atomic mass is 16.3. The predicted molar refractivity (Wildman–Crippen MR) is 244 cm³/mol. The van der Waals surface area contributed by atoms with E-state index < -0.39 is 0 Å². The number of rotatable bonds is 5. The molecule has 12 rings (SSSR count). The Kier molecular flexibility index (Phi) is 7.50. The third-order valence-electron chi connectivity index (χ3n) is 11.7. The molecule has 8 aromatic carbocycles. The van der Waals surface area contributed by atoms with Gasteiger partial charge in [-0.2, -0.15) is 0 Å². The minimum atomic E-state index is 0.898. The lowest BCUT2D eigenvalue weighted by atomic mass is 9.91. The molecule has 0 saturated heterocycles. The van der Waals surface area contributed by atoms with Crippen molar-refractivity contribution in [3.8, 4) is 56.0 Å². The van der Waals surface area contributed by atoms with Crippen LogP contribution in [-0.4, -0.2) is 15.0 Å². The van der Waals surface area contributed by atoms with E-state index in [1.54, 1.807) is 0 Å². The minimum Gasteiger partial charge on any atom is -0.455 e. The summed E-state index contributed by atoms with van der Waals surface area (Å²) in [7, 11) is 0.